The number of hydrogen-bond donors (Lipinski definition) is 1. The van der Waals surface area contributed by atoms with Gasteiger partial charge in [0.15, 0.2) is 0 Å². The van der Waals surface area contributed by atoms with Gasteiger partial charge in [0, 0.05) is 22.2 Å². The van der Waals surface area contributed by atoms with Crippen LogP contribution in [0.15, 0.2) is 35.0 Å². The number of halogens is 2. The zero-order chi connectivity index (χ0) is 15.4. The van der Waals surface area contributed by atoms with Crippen LogP contribution in [-0.4, -0.2) is 31.4 Å². The van der Waals surface area contributed by atoms with Crippen molar-refractivity contribution in [1.29, 1.82) is 0 Å². The molecule has 2 aromatic rings. The SMILES string of the molecule is CN(C)C(CNC(=O)c1cc(Cl)cc(Cl)c1)c1ccsc1. The highest BCUT2D eigenvalue weighted by Crippen LogP contribution is 2.21. The molecule has 0 aliphatic rings. The standard InChI is InChI=1S/C15H16Cl2N2OS/c1-19(2)14(10-3-4-21-9-10)8-18-15(20)11-5-12(16)7-13(17)6-11/h3-7,9,14H,8H2,1-2H3,(H,18,20). The van der Waals surface area contributed by atoms with Crippen molar-refractivity contribution in [1.82, 2.24) is 10.2 Å². The number of thiophene rings is 1. The van der Waals surface area contributed by atoms with Crippen LogP contribution in [0.3, 0.4) is 0 Å². The first-order valence-electron chi connectivity index (χ1n) is 6.40. The Morgan fingerprint density at radius 1 is 1.29 bits per heavy atom. The molecule has 112 valence electrons. The summed E-state index contributed by atoms with van der Waals surface area (Å²) in [5.74, 6) is -0.179. The Kier molecular flexibility index (Phi) is 5.65. The summed E-state index contributed by atoms with van der Waals surface area (Å²) in [6.45, 7) is 0.521. The van der Waals surface area contributed by atoms with Crippen molar-refractivity contribution >= 4 is 40.4 Å². The third kappa shape index (κ3) is 4.45. The van der Waals surface area contributed by atoms with E-state index in [1.54, 1.807) is 29.5 Å². The number of carbonyl (C=O) groups excluding carboxylic acids is 1. The lowest BCUT2D eigenvalue weighted by Crippen LogP contribution is -2.34. The average molecular weight is 343 g/mol. The lowest BCUT2D eigenvalue weighted by Gasteiger charge is -2.24. The summed E-state index contributed by atoms with van der Waals surface area (Å²) in [7, 11) is 3.98. The van der Waals surface area contributed by atoms with E-state index in [1.165, 1.54) is 5.56 Å². The summed E-state index contributed by atoms with van der Waals surface area (Å²) in [5.41, 5.74) is 1.66. The van der Waals surface area contributed by atoms with Gasteiger partial charge in [0.25, 0.3) is 5.91 Å². The molecule has 0 radical (unpaired) electrons. The molecule has 1 N–H and O–H groups in total. The molecule has 21 heavy (non-hydrogen) atoms. The van der Waals surface area contributed by atoms with Gasteiger partial charge in [0.1, 0.15) is 0 Å². The Morgan fingerprint density at radius 3 is 2.48 bits per heavy atom. The monoisotopic (exact) mass is 342 g/mol. The fraction of sp³-hybridized carbons (Fsp3) is 0.267. The Bertz CT molecular complexity index is 594. The first-order valence-corrected chi connectivity index (χ1v) is 8.10. The average Bonchev–Trinajstić information content (AvgIpc) is 2.91. The van der Waals surface area contributed by atoms with E-state index < -0.39 is 0 Å². The predicted octanol–water partition coefficient (Wildman–Crippen LogP) is 4.09. The second-order valence-corrected chi connectivity index (χ2v) is 6.56. The molecule has 0 saturated carbocycles. The Labute approximate surface area is 138 Å². The zero-order valence-corrected chi connectivity index (χ0v) is 14.1. The minimum absolute atomic E-state index is 0.134. The van der Waals surface area contributed by atoms with Crippen molar-refractivity contribution in [2.45, 2.75) is 6.04 Å². The molecular weight excluding hydrogens is 327 g/mol. The Morgan fingerprint density at radius 2 is 1.95 bits per heavy atom. The van der Waals surface area contributed by atoms with Gasteiger partial charge in [-0.15, -0.1) is 0 Å². The summed E-state index contributed by atoms with van der Waals surface area (Å²) >= 11 is 13.5. The van der Waals surface area contributed by atoms with E-state index in [2.05, 4.69) is 21.7 Å². The van der Waals surface area contributed by atoms with Crippen LogP contribution in [-0.2, 0) is 0 Å². The smallest absolute Gasteiger partial charge is 0.251 e. The minimum atomic E-state index is -0.179. The van der Waals surface area contributed by atoms with E-state index in [0.717, 1.165) is 0 Å². The Balaban J connectivity index is 2.05. The van der Waals surface area contributed by atoms with E-state index in [4.69, 9.17) is 23.2 Å². The highest BCUT2D eigenvalue weighted by molar-refractivity contribution is 7.07. The fourth-order valence-electron chi connectivity index (χ4n) is 2.04. The van der Waals surface area contributed by atoms with Crippen molar-refractivity contribution < 1.29 is 4.79 Å². The van der Waals surface area contributed by atoms with Gasteiger partial charge in [-0.25, -0.2) is 0 Å². The molecule has 1 aromatic carbocycles. The maximum atomic E-state index is 12.2. The van der Waals surface area contributed by atoms with Gasteiger partial charge in [-0.05, 0) is 54.7 Å². The molecule has 3 nitrogen and oxygen atoms in total. The highest BCUT2D eigenvalue weighted by atomic mass is 35.5. The number of carbonyl (C=O) groups is 1. The molecular formula is C15H16Cl2N2OS. The number of likely N-dealkylation sites (N-methyl/N-ethyl adjacent to an activating group) is 1. The van der Waals surface area contributed by atoms with Crippen LogP contribution in [0.5, 0.6) is 0 Å². The van der Waals surface area contributed by atoms with Crippen molar-refractivity contribution in [3.8, 4) is 0 Å². The molecule has 0 saturated heterocycles. The number of nitrogens with one attached hydrogen (secondary N) is 1. The summed E-state index contributed by atoms with van der Waals surface area (Å²) in [6, 6.07) is 7.02. The van der Waals surface area contributed by atoms with Gasteiger partial charge in [0.2, 0.25) is 0 Å². The van der Waals surface area contributed by atoms with Crippen LogP contribution in [0.4, 0.5) is 0 Å². The van der Waals surface area contributed by atoms with E-state index >= 15 is 0 Å². The topological polar surface area (TPSA) is 32.3 Å². The molecule has 0 aliphatic carbocycles. The maximum Gasteiger partial charge on any atom is 0.251 e. The first kappa shape index (κ1) is 16.3. The van der Waals surface area contributed by atoms with Gasteiger partial charge in [-0.1, -0.05) is 23.2 Å². The largest absolute Gasteiger partial charge is 0.350 e. The molecule has 1 heterocycles. The van der Waals surface area contributed by atoms with Crippen LogP contribution in [0, 0.1) is 0 Å². The van der Waals surface area contributed by atoms with Crippen molar-refractivity contribution in [3.63, 3.8) is 0 Å². The maximum absolute atomic E-state index is 12.2. The Hall–Kier alpha value is -1.07. The van der Waals surface area contributed by atoms with E-state index in [0.29, 0.717) is 22.2 Å². The van der Waals surface area contributed by atoms with Crippen LogP contribution in [0.1, 0.15) is 22.0 Å². The summed E-state index contributed by atoms with van der Waals surface area (Å²) in [5, 5.41) is 7.96. The number of rotatable bonds is 5. The molecule has 1 atom stereocenters. The summed E-state index contributed by atoms with van der Waals surface area (Å²) < 4.78 is 0. The molecule has 6 heteroatoms. The van der Waals surface area contributed by atoms with Gasteiger partial charge < -0.3 is 10.2 Å². The van der Waals surface area contributed by atoms with Gasteiger partial charge in [-0.2, -0.15) is 11.3 Å². The van der Waals surface area contributed by atoms with Crippen LogP contribution in [0.25, 0.3) is 0 Å². The van der Waals surface area contributed by atoms with Gasteiger partial charge in [-0.3, -0.25) is 4.79 Å². The molecule has 1 amide bonds. The summed E-state index contributed by atoms with van der Waals surface area (Å²) in [4.78, 5) is 14.3. The third-order valence-corrected chi connectivity index (χ3v) is 4.27. The van der Waals surface area contributed by atoms with Gasteiger partial charge >= 0.3 is 0 Å². The van der Waals surface area contributed by atoms with Crippen LogP contribution < -0.4 is 5.32 Å². The molecule has 1 unspecified atom stereocenters. The first-order chi connectivity index (χ1) is 9.97. The highest BCUT2D eigenvalue weighted by Gasteiger charge is 2.16. The van der Waals surface area contributed by atoms with Crippen LogP contribution >= 0.6 is 34.5 Å². The number of nitrogens with zero attached hydrogens (tertiary/aromatic N) is 1. The normalized spacial score (nSPS) is 12.4. The van der Waals surface area contributed by atoms with Crippen LogP contribution in [0.2, 0.25) is 10.0 Å². The number of hydrogen-bond acceptors (Lipinski definition) is 3. The lowest BCUT2D eigenvalue weighted by molar-refractivity contribution is 0.0942. The molecule has 0 aliphatic heterocycles. The van der Waals surface area contributed by atoms with Crippen molar-refractivity contribution in [3.05, 3.63) is 56.2 Å². The second-order valence-electron chi connectivity index (χ2n) is 4.90. The molecule has 0 fully saturated rings. The number of amides is 1. The summed E-state index contributed by atoms with van der Waals surface area (Å²) in [6.07, 6.45) is 0. The predicted molar refractivity (Wildman–Crippen MR) is 89.5 cm³/mol. The fourth-order valence-corrected chi connectivity index (χ4v) is 3.27. The lowest BCUT2D eigenvalue weighted by atomic mass is 10.1. The molecule has 0 spiro atoms. The van der Waals surface area contributed by atoms with E-state index in [1.807, 2.05) is 19.5 Å². The van der Waals surface area contributed by atoms with Gasteiger partial charge in [0.05, 0.1) is 6.04 Å². The quantitative estimate of drug-likeness (QED) is 0.887. The van der Waals surface area contributed by atoms with E-state index in [-0.39, 0.29) is 11.9 Å². The third-order valence-electron chi connectivity index (χ3n) is 3.13. The van der Waals surface area contributed by atoms with Crippen molar-refractivity contribution in [2.75, 3.05) is 20.6 Å². The second kappa shape index (κ2) is 7.27. The number of benzene rings is 1. The van der Waals surface area contributed by atoms with E-state index in [9.17, 15) is 4.79 Å². The zero-order valence-electron chi connectivity index (χ0n) is 11.8. The minimum Gasteiger partial charge on any atom is -0.350 e. The molecule has 2 rings (SSSR count). The molecule has 1 aromatic heterocycles. The van der Waals surface area contributed by atoms with Crippen molar-refractivity contribution in [2.24, 2.45) is 0 Å². The molecule has 0 bridgehead atoms.